The van der Waals surface area contributed by atoms with Gasteiger partial charge in [0.25, 0.3) is 10.1 Å². The molecule has 0 heterocycles. The van der Waals surface area contributed by atoms with Crippen LogP contribution in [0.1, 0.15) is 26.2 Å². The Morgan fingerprint density at radius 2 is 1.96 bits per heavy atom. The molecule has 0 saturated heterocycles. The van der Waals surface area contributed by atoms with E-state index in [4.69, 9.17) is 9.29 Å². The minimum absolute atomic E-state index is 0.0165. The average molecular weight is 364 g/mol. The first kappa shape index (κ1) is 20.1. The normalized spacial score (nSPS) is 27.5. The van der Waals surface area contributed by atoms with Crippen molar-refractivity contribution in [3.8, 4) is 0 Å². The van der Waals surface area contributed by atoms with E-state index in [2.05, 4.69) is 4.74 Å². The maximum absolute atomic E-state index is 12.1. The van der Waals surface area contributed by atoms with Crippen molar-refractivity contribution in [2.75, 3.05) is 13.2 Å². The fraction of sp³-hybridized carbons (Fsp3) is 0.917. The highest BCUT2D eigenvalue weighted by Gasteiger charge is 2.44. The van der Waals surface area contributed by atoms with Crippen molar-refractivity contribution in [3.63, 3.8) is 0 Å². The smallest absolute Gasteiger partial charge is 0.422 e. The number of alkyl halides is 3. The molecule has 0 aromatic carbocycles. The first-order chi connectivity index (χ1) is 10.5. The van der Waals surface area contributed by atoms with Crippen molar-refractivity contribution in [1.82, 2.24) is 0 Å². The highest BCUT2D eigenvalue weighted by atomic mass is 32.2. The Morgan fingerprint density at radius 3 is 2.43 bits per heavy atom. The van der Waals surface area contributed by atoms with Gasteiger partial charge in [-0.3, -0.25) is 9.35 Å². The van der Waals surface area contributed by atoms with Crippen LogP contribution < -0.4 is 0 Å². The third-order valence-electron chi connectivity index (χ3n) is 3.66. The Bertz CT molecular complexity index is 505. The van der Waals surface area contributed by atoms with Crippen molar-refractivity contribution in [2.45, 2.75) is 43.9 Å². The zero-order valence-electron chi connectivity index (χ0n) is 12.3. The molecule has 23 heavy (non-hydrogen) atoms. The number of hydrogen-bond donors (Lipinski definition) is 2. The van der Waals surface area contributed by atoms with E-state index in [9.17, 15) is 31.5 Å². The predicted octanol–water partition coefficient (Wildman–Crippen LogP) is 1.12. The molecule has 0 aromatic rings. The van der Waals surface area contributed by atoms with Crippen molar-refractivity contribution >= 4 is 16.1 Å². The summed E-state index contributed by atoms with van der Waals surface area (Å²) in [4.78, 5) is 11.9. The standard InChI is InChI=1S/C12H19F3O7S/c1-2-21-10(16)8-4-3-7(23(18,19)20)5-9(8)11(17)22-6-12(13,14)15/h7-10,16H,2-6H2,1H3,(H,18,19,20). The molecule has 1 aliphatic rings. The Kier molecular flexibility index (Phi) is 6.81. The van der Waals surface area contributed by atoms with Gasteiger partial charge in [0.1, 0.15) is 0 Å². The van der Waals surface area contributed by atoms with Crippen LogP contribution in [0, 0.1) is 11.8 Å². The summed E-state index contributed by atoms with van der Waals surface area (Å²) in [7, 11) is -4.45. The van der Waals surface area contributed by atoms with Crippen LogP contribution in [0.5, 0.6) is 0 Å². The van der Waals surface area contributed by atoms with E-state index < -0.39 is 58.7 Å². The maximum atomic E-state index is 12.1. The second-order valence-electron chi connectivity index (χ2n) is 5.29. The van der Waals surface area contributed by atoms with Crippen LogP contribution in [-0.2, 0) is 24.4 Å². The minimum atomic E-state index is -4.72. The van der Waals surface area contributed by atoms with E-state index in [1.807, 2.05) is 0 Å². The van der Waals surface area contributed by atoms with E-state index >= 15 is 0 Å². The lowest BCUT2D eigenvalue weighted by Gasteiger charge is -2.35. The van der Waals surface area contributed by atoms with Crippen LogP contribution >= 0.6 is 0 Å². The van der Waals surface area contributed by atoms with Gasteiger partial charge in [0, 0.05) is 12.5 Å². The van der Waals surface area contributed by atoms with Crippen LogP contribution in [0.25, 0.3) is 0 Å². The summed E-state index contributed by atoms with van der Waals surface area (Å²) >= 11 is 0. The van der Waals surface area contributed by atoms with Crippen LogP contribution in [0.15, 0.2) is 0 Å². The van der Waals surface area contributed by atoms with Crippen molar-refractivity contribution in [3.05, 3.63) is 0 Å². The lowest BCUT2D eigenvalue weighted by atomic mass is 9.78. The fourth-order valence-corrected chi connectivity index (χ4v) is 3.48. The molecule has 4 atom stereocenters. The van der Waals surface area contributed by atoms with Crippen molar-refractivity contribution in [2.24, 2.45) is 11.8 Å². The molecule has 2 N–H and O–H groups in total. The highest BCUT2D eigenvalue weighted by Crippen LogP contribution is 2.36. The maximum Gasteiger partial charge on any atom is 0.422 e. The van der Waals surface area contributed by atoms with Gasteiger partial charge in [-0.15, -0.1) is 0 Å². The van der Waals surface area contributed by atoms with Gasteiger partial charge < -0.3 is 14.6 Å². The molecular formula is C12H19F3O7S. The van der Waals surface area contributed by atoms with Gasteiger partial charge in [-0.2, -0.15) is 21.6 Å². The van der Waals surface area contributed by atoms with Gasteiger partial charge in [-0.1, -0.05) is 0 Å². The van der Waals surface area contributed by atoms with E-state index in [0.29, 0.717) is 0 Å². The second-order valence-corrected chi connectivity index (χ2v) is 6.99. The molecule has 4 unspecified atom stereocenters. The van der Waals surface area contributed by atoms with Crippen LogP contribution in [0.3, 0.4) is 0 Å². The number of carbonyl (C=O) groups excluding carboxylic acids is 1. The average Bonchev–Trinajstić information content (AvgIpc) is 2.42. The van der Waals surface area contributed by atoms with Crippen LogP contribution in [0.4, 0.5) is 13.2 Å². The first-order valence-electron chi connectivity index (χ1n) is 6.95. The molecule has 0 amide bonds. The van der Waals surface area contributed by atoms with Crippen molar-refractivity contribution in [1.29, 1.82) is 0 Å². The summed E-state index contributed by atoms with van der Waals surface area (Å²) in [6.45, 7) is -0.135. The van der Waals surface area contributed by atoms with Gasteiger partial charge in [0.15, 0.2) is 12.9 Å². The number of esters is 1. The lowest BCUT2D eigenvalue weighted by molar-refractivity contribution is -0.198. The minimum Gasteiger partial charge on any atom is -0.456 e. The number of ether oxygens (including phenoxy) is 2. The van der Waals surface area contributed by atoms with Crippen LogP contribution in [0.2, 0.25) is 0 Å². The molecule has 1 fully saturated rings. The van der Waals surface area contributed by atoms with E-state index in [1.165, 1.54) is 0 Å². The number of aliphatic hydroxyl groups is 1. The van der Waals surface area contributed by atoms with E-state index in [1.54, 1.807) is 6.92 Å². The number of rotatable bonds is 6. The second kappa shape index (κ2) is 7.77. The summed E-state index contributed by atoms with van der Waals surface area (Å²) < 4.78 is 77.0. The Balaban J connectivity index is 2.88. The topological polar surface area (TPSA) is 110 Å². The highest BCUT2D eigenvalue weighted by molar-refractivity contribution is 7.86. The number of carbonyl (C=O) groups is 1. The molecule has 1 aliphatic carbocycles. The number of aliphatic hydroxyl groups excluding tert-OH is 1. The fourth-order valence-electron chi connectivity index (χ4n) is 2.59. The monoisotopic (exact) mass is 364 g/mol. The van der Waals surface area contributed by atoms with Gasteiger partial charge >= 0.3 is 12.1 Å². The summed E-state index contributed by atoms with van der Waals surface area (Å²) in [5.74, 6) is -3.51. The number of hydrogen-bond acceptors (Lipinski definition) is 6. The molecule has 136 valence electrons. The van der Waals surface area contributed by atoms with E-state index in [-0.39, 0.29) is 19.4 Å². The quantitative estimate of drug-likeness (QED) is 0.413. The largest absolute Gasteiger partial charge is 0.456 e. The van der Waals surface area contributed by atoms with Gasteiger partial charge in [-0.05, 0) is 26.2 Å². The van der Waals surface area contributed by atoms with Gasteiger partial charge in [-0.25, -0.2) is 0 Å². The third kappa shape index (κ3) is 6.24. The van der Waals surface area contributed by atoms with Crippen LogP contribution in [-0.4, -0.2) is 55.0 Å². The summed E-state index contributed by atoms with van der Waals surface area (Å²) in [6, 6.07) is 0. The molecule has 0 aliphatic heterocycles. The molecule has 11 heteroatoms. The summed E-state index contributed by atoms with van der Waals surface area (Å²) in [5.41, 5.74) is 0. The lowest BCUT2D eigenvalue weighted by Crippen LogP contribution is -2.43. The zero-order valence-corrected chi connectivity index (χ0v) is 13.1. The molecule has 0 radical (unpaired) electrons. The number of halogens is 3. The zero-order chi connectivity index (χ0) is 17.8. The van der Waals surface area contributed by atoms with Gasteiger partial charge in [0.2, 0.25) is 0 Å². The van der Waals surface area contributed by atoms with Gasteiger partial charge in [0.05, 0.1) is 11.2 Å². The Labute approximate surface area is 131 Å². The molecule has 1 rings (SSSR count). The molecule has 1 saturated carbocycles. The molecular weight excluding hydrogens is 345 g/mol. The van der Waals surface area contributed by atoms with Crippen molar-refractivity contribution < 1.29 is 45.5 Å². The summed E-state index contributed by atoms with van der Waals surface area (Å²) in [5, 5.41) is 8.55. The molecule has 0 aromatic heterocycles. The predicted molar refractivity (Wildman–Crippen MR) is 70.8 cm³/mol. The Hall–Kier alpha value is -0.910. The third-order valence-corrected chi connectivity index (χ3v) is 4.93. The summed E-state index contributed by atoms with van der Waals surface area (Å²) in [6.07, 6.45) is -6.66. The SMILES string of the molecule is CCOC(O)C1CCC(S(=O)(=O)O)CC1C(=O)OCC(F)(F)F. The molecule has 7 nitrogen and oxygen atoms in total. The molecule has 0 bridgehead atoms. The first-order valence-corrected chi connectivity index (χ1v) is 8.45. The Morgan fingerprint density at radius 1 is 1.35 bits per heavy atom. The van der Waals surface area contributed by atoms with E-state index in [0.717, 1.165) is 0 Å². The molecule has 0 spiro atoms.